The quantitative estimate of drug-likeness (QED) is 0.347. The van der Waals surface area contributed by atoms with Crippen LogP contribution in [0.15, 0.2) is 42.5 Å². The molecule has 6 nitrogen and oxygen atoms in total. The van der Waals surface area contributed by atoms with Gasteiger partial charge in [-0.25, -0.2) is 12.8 Å². The van der Waals surface area contributed by atoms with Crippen LogP contribution in [0.1, 0.15) is 48.4 Å². The number of aromatic nitrogens is 1. The highest BCUT2D eigenvalue weighted by Crippen LogP contribution is 2.42. The van der Waals surface area contributed by atoms with Crippen LogP contribution in [0, 0.1) is 19.7 Å². The first-order chi connectivity index (χ1) is 16.1. The number of rotatable bonds is 6. The lowest BCUT2D eigenvalue weighted by Crippen LogP contribution is -2.36. The lowest BCUT2D eigenvalue weighted by molar-refractivity contribution is -0.141. The summed E-state index contributed by atoms with van der Waals surface area (Å²) >= 11 is 0. The Kier molecular flexibility index (Phi) is 6.66. The van der Waals surface area contributed by atoms with E-state index in [1.165, 1.54) is 31.4 Å². The standard InChI is InChI=1S/C25H28F2N2O4S/c1-16-4-9-20(10-5-16)29(27)34(31,32)21-11-6-18(7-12-21)25-17(2)28(15-24(30)33-3)23-13-8-19(26)14-22(23)25/h4-5,8-10,13-14,18,21H,6-7,11-12,15H2,1-3H3. The van der Waals surface area contributed by atoms with Gasteiger partial charge >= 0.3 is 5.97 Å². The summed E-state index contributed by atoms with van der Waals surface area (Å²) in [7, 11) is -2.85. The Labute approximate surface area is 198 Å². The van der Waals surface area contributed by atoms with Crippen molar-refractivity contribution >= 4 is 32.6 Å². The zero-order valence-corrected chi connectivity index (χ0v) is 20.2. The van der Waals surface area contributed by atoms with Crippen molar-refractivity contribution in [2.45, 2.75) is 57.2 Å². The van der Waals surface area contributed by atoms with Crippen LogP contribution in [0.5, 0.6) is 0 Å². The second kappa shape index (κ2) is 9.37. The number of carbonyl (C=O) groups excluding carboxylic acids is 1. The highest BCUT2D eigenvalue weighted by molar-refractivity contribution is 7.93. The number of nitrogens with zero attached hydrogens (tertiary/aromatic N) is 2. The number of carbonyl (C=O) groups is 1. The zero-order chi connectivity index (χ0) is 24.6. The molecule has 4 rings (SSSR count). The molecule has 0 radical (unpaired) electrons. The number of fused-ring (bicyclic) bond motifs is 1. The molecule has 1 aliphatic carbocycles. The van der Waals surface area contributed by atoms with Crippen molar-refractivity contribution in [2.75, 3.05) is 11.6 Å². The van der Waals surface area contributed by atoms with Gasteiger partial charge in [0.1, 0.15) is 12.4 Å². The van der Waals surface area contributed by atoms with E-state index in [2.05, 4.69) is 0 Å². The van der Waals surface area contributed by atoms with Gasteiger partial charge in [0.2, 0.25) is 0 Å². The van der Waals surface area contributed by atoms with Crippen LogP contribution in [0.4, 0.5) is 14.6 Å². The summed E-state index contributed by atoms with van der Waals surface area (Å²) in [4.78, 5) is 12.0. The minimum absolute atomic E-state index is 0.00154. The molecule has 1 fully saturated rings. The van der Waals surface area contributed by atoms with Crippen LogP contribution < -0.4 is 4.53 Å². The molecule has 2 aromatic carbocycles. The van der Waals surface area contributed by atoms with Gasteiger partial charge in [0, 0.05) is 16.6 Å². The highest BCUT2D eigenvalue weighted by atomic mass is 32.2. The van der Waals surface area contributed by atoms with E-state index in [0.717, 1.165) is 22.3 Å². The van der Waals surface area contributed by atoms with E-state index in [0.29, 0.717) is 18.2 Å². The summed E-state index contributed by atoms with van der Waals surface area (Å²) in [5, 5.41) is -0.130. The predicted octanol–water partition coefficient (Wildman–Crippen LogP) is 5.32. The van der Waals surface area contributed by atoms with Gasteiger partial charge in [0.05, 0.1) is 18.0 Å². The molecule has 0 unspecified atom stereocenters. The Bertz CT molecular complexity index is 1310. The third kappa shape index (κ3) is 4.41. The maximum Gasteiger partial charge on any atom is 0.325 e. The van der Waals surface area contributed by atoms with Crippen molar-refractivity contribution in [3.05, 3.63) is 65.1 Å². The number of methoxy groups -OCH3 is 1. The van der Waals surface area contributed by atoms with E-state index >= 15 is 0 Å². The number of halogens is 2. The van der Waals surface area contributed by atoms with Gasteiger partial charge in [0.25, 0.3) is 10.0 Å². The summed E-state index contributed by atoms with van der Waals surface area (Å²) in [5.41, 5.74) is 3.36. The molecule has 1 heterocycles. The molecule has 34 heavy (non-hydrogen) atoms. The van der Waals surface area contributed by atoms with Gasteiger partial charge in [-0.3, -0.25) is 4.79 Å². The van der Waals surface area contributed by atoms with Crippen LogP contribution >= 0.6 is 0 Å². The summed E-state index contributed by atoms with van der Waals surface area (Å²) < 4.78 is 61.4. The van der Waals surface area contributed by atoms with Gasteiger partial charge in [-0.05, 0) is 81.3 Å². The molecule has 182 valence electrons. The molecular formula is C25H28F2N2O4S. The first kappa shape index (κ1) is 24.2. The molecule has 9 heteroatoms. The number of esters is 1. The fourth-order valence-electron chi connectivity index (χ4n) is 4.98. The number of benzene rings is 2. The molecule has 0 bridgehead atoms. The van der Waals surface area contributed by atoms with Crippen LogP contribution in [0.3, 0.4) is 0 Å². The second-order valence-corrected chi connectivity index (χ2v) is 10.9. The zero-order valence-electron chi connectivity index (χ0n) is 19.4. The molecule has 0 aliphatic heterocycles. The molecule has 0 atom stereocenters. The van der Waals surface area contributed by atoms with Crippen LogP contribution in [0.2, 0.25) is 0 Å². The summed E-state index contributed by atoms with van der Waals surface area (Å²) in [6, 6.07) is 10.7. The predicted molar refractivity (Wildman–Crippen MR) is 127 cm³/mol. The van der Waals surface area contributed by atoms with Crippen molar-refractivity contribution in [1.82, 2.24) is 4.57 Å². The minimum Gasteiger partial charge on any atom is -0.468 e. The van der Waals surface area contributed by atoms with E-state index < -0.39 is 21.2 Å². The summed E-state index contributed by atoms with van der Waals surface area (Å²) in [6.45, 7) is 3.72. The smallest absolute Gasteiger partial charge is 0.325 e. The third-order valence-electron chi connectivity index (χ3n) is 6.81. The second-order valence-electron chi connectivity index (χ2n) is 8.89. The number of sulfonamides is 1. The van der Waals surface area contributed by atoms with Crippen LogP contribution in [0.25, 0.3) is 10.9 Å². The van der Waals surface area contributed by atoms with E-state index in [-0.39, 0.29) is 41.3 Å². The largest absolute Gasteiger partial charge is 0.468 e. The Morgan fingerprint density at radius 1 is 1.09 bits per heavy atom. The SMILES string of the molecule is COC(=O)Cn1c(C)c(C2CCC(S(=O)(=O)N(F)c3ccc(C)cc3)CC2)c2cc(F)ccc21. The van der Waals surface area contributed by atoms with Gasteiger partial charge in [-0.1, -0.05) is 22.2 Å². The molecule has 1 saturated carbocycles. The molecular weight excluding hydrogens is 462 g/mol. The van der Waals surface area contributed by atoms with Gasteiger partial charge in [-0.2, -0.15) is 0 Å². The normalized spacial score (nSPS) is 18.7. The van der Waals surface area contributed by atoms with Crippen molar-refractivity contribution in [2.24, 2.45) is 0 Å². The van der Waals surface area contributed by atoms with Gasteiger partial charge in [0.15, 0.2) is 0 Å². The molecule has 1 aromatic heterocycles. The molecule has 3 aromatic rings. The van der Waals surface area contributed by atoms with Gasteiger partial charge in [-0.15, -0.1) is 4.53 Å². The van der Waals surface area contributed by atoms with Gasteiger partial charge < -0.3 is 9.30 Å². The molecule has 0 saturated heterocycles. The number of anilines is 1. The number of hydrogen-bond acceptors (Lipinski definition) is 4. The highest BCUT2D eigenvalue weighted by Gasteiger charge is 2.37. The number of ether oxygens (including phenoxy) is 1. The molecule has 0 amide bonds. The lowest BCUT2D eigenvalue weighted by atomic mass is 9.82. The Hall–Kier alpha value is -2.94. The lowest BCUT2D eigenvalue weighted by Gasteiger charge is -2.30. The van der Waals surface area contributed by atoms with E-state index in [4.69, 9.17) is 4.74 Å². The number of aryl methyl sites for hydroxylation is 1. The van der Waals surface area contributed by atoms with Crippen LogP contribution in [-0.2, 0) is 26.1 Å². The topological polar surface area (TPSA) is 68.6 Å². The van der Waals surface area contributed by atoms with Crippen molar-refractivity contribution in [1.29, 1.82) is 0 Å². The third-order valence-corrected chi connectivity index (χ3v) is 8.78. The fourth-order valence-corrected chi connectivity index (χ4v) is 6.53. The van der Waals surface area contributed by atoms with Crippen molar-refractivity contribution in [3.63, 3.8) is 0 Å². The summed E-state index contributed by atoms with van der Waals surface area (Å²) in [5.74, 6) is -0.821. The minimum atomic E-state index is -4.17. The van der Waals surface area contributed by atoms with E-state index in [1.54, 1.807) is 22.8 Å². The average molecular weight is 491 g/mol. The Balaban J connectivity index is 1.59. The summed E-state index contributed by atoms with van der Waals surface area (Å²) in [6.07, 6.45) is 1.61. The maximum atomic E-state index is 14.9. The van der Waals surface area contributed by atoms with Crippen LogP contribution in [-0.4, -0.2) is 31.3 Å². The average Bonchev–Trinajstić information content (AvgIpc) is 3.09. The van der Waals surface area contributed by atoms with E-state index in [1.807, 2.05) is 13.8 Å². The Morgan fingerprint density at radius 2 is 1.74 bits per heavy atom. The van der Waals surface area contributed by atoms with Crippen molar-refractivity contribution in [3.8, 4) is 0 Å². The van der Waals surface area contributed by atoms with E-state index in [9.17, 15) is 22.1 Å². The number of hydrogen-bond donors (Lipinski definition) is 0. The molecule has 0 spiro atoms. The maximum absolute atomic E-state index is 14.9. The monoisotopic (exact) mass is 490 g/mol. The fraction of sp³-hybridized carbons (Fsp3) is 0.400. The van der Waals surface area contributed by atoms with Crippen molar-refractivity contribution < 1.29 is 26.8 Å². The molecule has 0 N–H and O–H groups in total. The Morgan fingerprint density at radius 3 is 2.35 bits per heavy atom. The first-order valence-corrected chi connectivity index (χ1v) is 12.8. The molecule has 1 aliphatic rings. The first-order valence-electron chi connectivity index (χ1n) is 11.2.